The van der Waals surface area contributed by atoms with Gasteiger partial charge in [0.05, 0.1) is 0 Å². The molecule has 0 aromatic heterocycles. The highest BCUT2D eigenvalue weighted by atomic mass is 16.3. The number of allylic oxidation sites excluding steroid dienone is 1. The number of nitrogens with one attached hydrogen (secondary N) is 1. The summed E-state index contributed by atoms with van der Waals surface area (Å²) >= 11 is 0. The summed E-state index contributed by atoms with van der Waals surface area (Å²) in [6, 6.07) is 11.6. The van der Waals surface area contributed by atoms with E-state index in [1.54, 1.807) is 6.08 Å². The van der Waals surface area contributed by atoms with E-state index in [9.17, 15) is 20.1 Å². The zero-order valence-electron chi connectivity index (χ0n) is 11.5. The zero-order valence-corrected chi connectivity index (χ0v) is 11.5. The lowest BCUT2D eigenvalue weighted by molar-refractivity contribution is 0.0954. The van der Waals surface area contributed by atoms with Gasteiger partial charge >= 0.3 is 0 Å². The fraction of sp³-hybridized carbons (Fsp3) is 0. The highest BCUT2D eigenvalue weighted by molar-refractivity contribution is 5.96. The van der Waals surface area contributed by atoms with Gasteiger partial charge in [0.15, 0.2) is 17.2 Å². The highest BCUT2D eigenvalue weighted by Crippen LogP contribution is 2.35. The molecule has 0 spiro atoms. The maximum absolute atomic E-state index is 11.7. The van der Waals surface area contributed by atoms with Crippen LogP contribution in [0, 0.1) is 0 Å². The van der Waals surface area contributed by atoms with Gasteiger partial charge in [-0.1, -0.05) is 36.4 Å². The number of aromatic hydroxyl groups is 3. The smallest absolute Gasteiger partial charge is 0.271 e. The van der Waals surface area contributed by atoms with Crippen LogP contribution in [0.2, 0.25) is 0 Å². The third kappa shape index (κ3) is 3.86. The molecule has 0 aliphatic rings. The summed E-state index contributed by atoms with van der Waals surface area (Å²) in [5.74, 6) is -2.47. The van der Waals surface area contributed by atoms with Gasteiger partial charge in [-0.25, -0.2) is 5.43 Å². The molecular formula is C16H14N2O4. The summed E-state index contributed by atoms with van der Waals surface area (Å²) in [5.41, 5.74) is 3.20. The number of benzene rings is 2. The molecule has 0 atom stereocenters. The molecule has 0 aliphatic carbocycles. The minimum atomic E-state index is -0.675. The van der Waals surface area contributed by atoms with Crippen molar-refractivity contribution in [3.8, 4) is 17.2 Å². The number of nitrogens with zero attached hydrogens (tertiary/aromatic N) is 1. The number of phenols is 3. The number of amides is 1. The second-order valence-corrected chi connectivity index (χ2v) is 4.35. The van der Waals surface area contributed by atoms with E-state index >= 15 is 0 Å². The quantitative estimate of drug-likeness (QED) is 0.395. The first-order chi connectivity index (χ1) is 10.6. The predicted octanol–water partition coefficient (Wildman–Crippen LogP) is 2.23. The molecule has 0 bridgehead atoms. The van der Waals surface area contributed by atoms with Crippen LogP contribution in [-0.4, -0.2) is 27.4 Å². The van der Waals surface area contributed by atoms with Crippen LogP contribution in [0.4, 0.5) is 0 Å². The van der Waals surface area contributed by atoms with E-state index in [0.717, 1.165) is 17.7 Å². The van der Waals surface area contributed by atoms with Crippen LogP contribution in [0.5, 0.6) is 17.2 Å². The summed E-state index contributed by atoms with van der Waals surface area (Å²) < 4.78 is 0. The predicted molar refractivity (Wildman–Crippen MR) is 82.9 cm³/mol. The third-order valence-corrected chi connectivity index (χ3v) is 2.75. The maximum atomic E-state index is 11.7. The Balaban J connectivity index is 1.95. The second kappa shape index (κ2) is 6.94. The number of carbonyl (C=O) groups is 1. The lowest BCUT2D eigenvalue weighted by atomic mass is 10.2. The minimum absolute atomic E-state index is 0.0306. The summed E-state index contributed by atoms with van der Waals surface area (Å²) in [6.45, 7) is 0. The Morgan fingerprint density at radius 3 is 2.32 bits per heavy atom. The van der Waals surface area contributed by atoms with Crippen LogP contribution >= 0.6 is 0 Å². The van der Waals surface area contributed by atoms with Gasteiger partial charge in [-0.15, -0.1) is 0 Å². The molecule has 0 saturated carbocycles. The summed E-state index contributed by atoms with van der Waals surface area (Å²) in [5, 5.41) is 31.6. The number of phenolic OH excluding ortho intramolecular Hbond substituents is 3. The largest absolute Gasteiger partial charge is 0.504 e. The fourth-order valence-corrected chi connectivity index (χ4v) is 1.66. The van der Waals surface area contributed by atoms with E-state index in [-0.39, 0.29) is 5.56 Å². The molecule has 0 aliphatic heterocycles. The van der Waals surface area contributed by atoms with Gasteiger partial charge < -0.3 is 15.3 Å². The van der Waals surface area contributed by atoms with Crippen molar-refractivity contribution in [2.24, 2.45) is 5.10 Å². The molecule has 22 heavy (non-hydrogen) atoms. The molecule has 0 heterocycles. The molecule has 6 nitrogen and oxygen atoms in total. The van der Waals surface area contributed by atoms with Gasteiger partial charge in [0.2, 0.25) is 0 Å². The van der Waals surface area contributed by atoms with Gasteiger partial charge in [-0.3, -0.25) is 4.79 Å². The average Bonchev–Trinajstić information content (AvgIpc) is 2.52. The van der Waals surface area contributed by atoms with E-state index in [4.69, 9.17) is 0 Å². The van der Waals surface area contributed by atoms with Gasteiger partial charge in [-0.2, -0.15) is 5.10 Å². The Hall–Kier alpha value is -3.28. The third-order valence-electron chi connectivity index (χ3n) is 2.75. The van der Waals surface area contributed by atoms with Gasteiger partial charge in [-0.05, 0) is 23.8 Å². The van der Waals surface area contributed by atoms with E-state index in [0.29, 0.717) is 0 Å². The van der Waals surface area contributed by atoms with Crippen molar-refractivity contribution < 1.29 is 20.1 Å². The Bertz CT molecular complexity index is 701. The van der Waals surface area contributed by atoms with Crippen molar-refractivity contribution in [1.29, 1.82) is 0 Å². The number of carbonyl (C=O) groups excluding carboxylic acids is 1. The molecule has 2 aromatic rings. The van der Waals surface area contributed by atoms with Crippen LogP contribution in [0.1, 0.15) is 15.9 Å². The number of hydrazone groups is 1. The van der Waals surface area contributed by atoms with Crippen molar-refractivity contribution in [3.63, 3.8) is 0 Å². The molecule has 112 valence electrons. The van der Waals surface area contributed by atoms with Crippen LogP contribution in [-0.2, 0) is 0 Å². The minimum Gasteiger partial charge on any atom is -0.504 e. The molecule has 0 fully saturated rings. The lowest BCUT2D eigenvalue weighted by Gasteiger charge is -2.04. The van der Waals surface area contributed by atoms with E-state index in [1.807, 2.05) is 36.4 Å². The van der Waals surface area contributed by atoms with Crippen molar-refractivity contribution in [2.45, 2.75) is 0 Å². The van der Waals surface area contributed by atoms with Gasteiger partial charge in [0, 0.05) is 11.8 Å². The van der Waals surface area contributed by atoms with Gasteiger partial charge in [0.25, 0.3) is 5.91 Å². The van der Waals surface area contributed by atoms with E-state index in [1.165, 1.54) is 6.21 Å². The van der Waals surface area contributed by atoms with Crippen molar-refractivity contribution in [2.75, 3.05) is 0 Å². The first-order valence-electron chi connectivity index (χ1n) is 6.38. The second-order valence-electron chi connectivity index (χ2n) is 4.35. The van der Waals surface area contributed by atoms with Gasteiger partial charge in [0.1, 0.15) is 0 Å². The Labute approximate surface area is 126 Å². The lowest BCUT2D eigenvalue weighted by Crippen LogP contribution is -2.17. The van der Waals surface area contributed by atoms with E-state index in [2.05, 4.69) is 10.5 Å². The monoisotopic (exact) mass is 298 g/mol. The number of rotatable bonds is 4. The SMILES string of the molecule is O=C(NN=CC=Cc1ccccc1)c1cc(O)c(O)c(O)c1. The van der Waals surface area contributed by atoms with Crippen molar-refractivity contribution in [3.05, 3.63) is 59.7 Å². The first kappa shape index (κ1) is 15.1. The molecule has 0 unspecified atom stereocenters. The molecule has 2 aromatic carbocycles. The molecule has 4 N–H and O–H groups in total. The number of hydrogen-bond donors (Lipinski definition) is 4. The molecule has 1 amide bonds. The Morgan fingerprint density at radius 2 is 1.68 bits per heavy atom. The first-order valence-corrected chi connectivity index (χ1v) is 6.38. The summed E-state index contributed by atoms with van der Waals surface area (Å²) in [4.78, 5) is 11.7. The topological polar surface area (TPSA) is 102 Å². The maximum Gasteiger partial charge on any atom is 0.271 e. The van der Waals surface area contributed by atoms with E-state index < -0.39 is 23.2 Å². The molecule has 2 rings (SSSR count). The summed E-state index contributed by atoms with van der Waals surface area (Å²) in [7, 11) is 0. The van der Waals surface area contributed by atoms with Crippen LogP contribution < -0.4 is 5.43 Å². The highest BCUT2D eigenvalue weighted by Gasteiger charge is 2.12. The summed E-state index contributed by atoms with van der Waals surface area (Å²) in [6.07, 6.45) is 4.86. The molecule has 0 radical (unpaired) electrons. The normalized spacial score (nSPS) is 11.1. The average molecular weight is 298 g/mol. The fourth-order valence-electron chi connectivity index (χ4n) is 1.66. The molecule has 0 saturated heterocycles. The Morgan fingerprint density at radius 1 is 1.05 bits per heavy atom. The van der Waals surface area contributed by atoms with Crippen LogP contribution in [0.15, 0.2) is 53.6 Å². The van der Waals surface area contributed by atoms with Crippen LogP contribution in [0.25, 0.3) is 6.08 Å². The Kier molecular flexibility index (Phi) is 4.77. The molecule has 6 heteroatoms. The zero-order chi connectivity index (χ0) is 15.9. The van der Waals surface area contributed by atoms with Crippen molar-refractivity contribution >= 4 is 18.2 Å². The van der Waals surface area contributed by atoms with Crippen LogP contribution in [0.3, 0.4) is 0 Å². The standard InChI is InChI=1S/C16H14N2O4/c19-13-9-12(10-14(20)15(13)21)16(22)18-17-8-4-7-11-5-2-1-3-6-11/h1-10,19-21H,(H,18,22). The molecular weight excluding hydrogens is 284 g/mol. The van der Waals surface area contributed by atoms with Crippen molar-refractivity contribution in [1.82, 2.24) is 5.43 Å². The number of hydrogen-bond acceptors (Lipinski definition) is 5.